The summed E-state index contributed by atoms with van der Waals surface area (Å²) < 4.78 is 4.95. The lowest BCUT2D eigenvalue weighted by Crippen LogP contribution is -2.23. The summed E-state index contributed by atoms with van der Waals surface area (Å²) in [5.74, 6) is 0.114. The number of hydrogen-bond acceptors (Lipinski definition) is 2. The fourth-order valence-electron chi connectivity index (χ4n) is 1.38. The van der Waals surface area contributed by atoms with Gasteiger partial charge in [0.05, 0.1) is 12.5 Å². The molecule has 68 valence electrons. The van der Waals surface area contributed by atoms with Gasteiger partial charge in [0.25, 0.3) is 0 Å². The Morgan fingerprint density at radius 1 is 1.58 bits per heavy atom. The largest absolute Gasteiger partial charge is 0.465 e. The topological polar surface area (TPSA) is 26.3 Å². The second-order valence-electron chi connectivity index (χ2n) is 3.12. The predicted octanol–water partition coefficient (Wildman–Crippen LogP) is 2.30. The molecule has 0 aromatic heterocycles. The number of carbonyl (C=O) groups is 1. The third-order valence-electron chi connectivity index (χ3n) is 2.10. The standard InChI is InChI=1S/C10H16O2/c1-2-3-4-6-9-7-5-8-12-10(9)11/h3-4,9H,2,5-8H2,1H3/b4-3-. The third kappa shape index (κ3) is 2.68. The van der Waals surface area contributed by atoms with Gasteiger partial charge in [-0.1, -0.05) is 19.1 Å². The van der Waals surface area contributed by atoms with Crippen molar-refractivity contribution in [3.05, 3.63) is 12.2 Å². The van der Waals surface area contributed by atoms with Crippen LogP contribution in [0.1, 0.15) is 32.6 Å². The van der Waals surface area contributed by atoms with E-state index in [0.29, 0.717) is 6.61 Å². The van der Waals surface area contributed by atoms with E-state index >= 15 is 0 Å². The van der Waals surface area contributed by atoms with Gasteiger partial charge in [-0.15, -0.1) is 0 Å². The molecule has 0 aliphatic carbocycles. The van der Waals surface area contributed by atoms with E-state index in [1.54, 1.807) is 0 Å². The molecule has 1 fully saturated rings. The maximum Gasteiger partial charge on any atom is 0.309 e. The summed E-state index contributed by atoms with van der Waals surface area (Å²) in [5.41, 5.74) is 0. The number of rotatable bonds is 3. The highest BCUT2D eigenvalue weighted by molar-refractivity contribution is 5.73. The van der Waals surface area contributed by atoms with Gasteiger partial charge in [-0.3, -0.25) is 4.79 Å². The van der Waals surface area contributed by atoms with Crippen LogP contribution in [0.15, 0.2) is 12.2 Å². The van der Waals surface area contributed by atoms with E-state index in [0.717, 1.165) is 25.7 Å². The van der Waals surface area contributed by atoms with Crippen molar-refractivity contribution < 1.29 is 9.53 Å². The molecule has 1 rings (SSSR count). The van der Waals surface area contributed by atoms with E-state index in [1.807, 2.05) is 0 Å². The van der Waals surface area contributed by atoms with Gasteiger partial charge < -0.3 is 4.74 Å². The summed E-state index contributed by atoms with van der Waals surface area (Å²) in [6.07, 6.45) is 8.09. The Hall–Kier alpha value is -0.790. The number of ether oxygens (including phenoxy) is 1. The molecule has 1 atom stereocenters. The maximum absolute atomic E-state index is 11.1. The van der Waals surface area contributed by atoms with Gasteiger partial charge in [0, 0.05) is 0 Å². The molecule has 1 aliphatic heterocycles. The molecule has 0 bridgehead atoms. The number of carbonyl (C=O) groups excluding carboxylic acids is 1. The Labute approximate surface area is 73.6 Å². The average molecular weight is 168 g/mol. The summed E-state index contributed by atoms with van der Waals surface area (Å²) in [5, 5.41) is 0. The molecule has 1 heterocycles. The van der Waals surface area contributed by atoms with Crippen molar-refractivity contribution in [2.75, 3.05) is 6.61 Å². The third-order valence-corrected chi connectivity index (χ3v) is 2.10. The molecule has 0 aromatic carbocycles. The van der Waals surface area contributed by atoms with Crippen LogP contribution >= 0.6 is 0 Å². The summed E-state index contributed by atoms with van der Waals surface area (Å²) in [4.78, 5) is 11.1. The highest BCUT2D eigenvalue weighted by atomic mass is 16.5. The molecule has 1 saturated heterocycles. The van der Waals surface area contributed by atoms with Crippen LogP contribution in [0.4, 0.5) is 0 Å². The first-order valence-corrected chi connectivity index (χ1v) is 4.66. The van der Waals surface area contributed by atoms with E-state index in [-0.39, 0.29) is 11.9 Å². The van der Waals surface area contributed by atoms with Gasteiger partial charge in [0.2, 0.25) is 0 Å². The van der Waals surface area contributed by atoms with Crippen LogP contribution in [0.2, 0.25) is 0 Å². The summed E-state index contributed by atoms with van der Waals surface area (Å²) in [6, 6.07) is 0. The van der Waals surface area contributed by atoms with Crippen LogP contribution in [0, 0.1) is 5.92 Å². The lowest BCUT2D eigenvalue weighted by Gasteiger charge is -2.19. The lowest BCUT2D eigenvalue weighted by molar-refractivity contribution is -0.152. The van der Waals surface area contributed by atoms with E-state index in [1.165, 1.54) is 0 Å². The van der Waals surface area contributed by atoms with Crippen molar-refractivity contribution in [1.29, 1.82) is 0 Å². The summed E-state index contributed by atoms with van der Waals surface area (Å²) >= 11 is 0. The van der Waals surface area contributed by atoms with Gasteiger partial charge in [-0.25, -0.2) is 0 Å². The van der Waals surface area contributed by atoms with Crippen molar-refractivity contribution >= 4 is 5.97 Å². The number of cyclic esters (lactones) is 1. The minimum atomic E-state index is -0.0120. The van der Waals surface area contributed by atoms with Gasteiger partial charge in [0.1, 0.15) is 0 Å². The number of esters is 1. The van der Waals surface area contributed by atoms with Gasteiger partial charge >= 0.3 is 5.97 Å². The van der Waals surface area contributed by atoms with E-state index in [4.69, 9.17) is 4.74 Å². The fourth-order valence-corrected chi connectivity index (χ4v) is 1.38. The van der Waals surface area contributed by atoms with E-state index < -0.39 is 0 Å². The highest BCUT2D eigenvalue weighted by Crippen LogP contribution is 2.18. The first-order chi connectivity index (χ1) is 5.84. The van der Waals surface area contributed by atoms with Crippen molar-refractivity contribution in [3.8, 4) is 0 Å². The Morgan fingerprint density at radius 2 is 2.42 bits per heavy atom. The van der Waals surface area contributed by atoms with Gasteiger partial charge in [0.15, 0.2) is 0 Å². The van der Waals surface area contributed by atoms with Crippen molar-refractivity contribution in [2.45, 2.75) is 32.6 Å². The first kappa shape index (κ1) is 9.30. The second kappa shape index (κ2) is 4.96. The minimum Gasteiger partial charge on any atom is -0.465 e. The zero-order valence-corrected chi connectivity index (χ0v) is 7.58. The molecule has 0 N–H and O–H groups in total. The molecule has 2 heteroatoms. The van der Waals surface area contributed by atoms with Crippen LogP contribution in [-0.4, -0.2) is 12.6 Å². The van der Waals surface area contributed by atoms with Crippen molar-refractivity contribution in [2.24, 2.45) is 5.92 Å². The molecular weight excluding hydrogens is 152 g/mol. The average Bonchev–Trinajstić information content (AvgIpc) is 2.09. The predicted molar refractivity (Wildman–Crippen MR) is 47.7 cm³/mol. The van der Waals surface area contributed by atoms with E-state index in [9.17, 15) is 4.79 Å². The molecule has 0 amide bonds. The Kier molecular flexibility index (Phi) is 3.85. The van der Waals surface area contributed by atoms with Gasteiger partial charge in [-0.05, 0) is 25.7 Å². The molecular formula is C10H16O2. The van der Waals surface area contributed by atoms with Crippen molar-refractivity contribution in [3.63, 3.8) is 0 Å². The maximum atomic E-state index is 11.1. The number of hydrogen-bond donors (Lipinski definition) is 0. The SMILES string of the molecule is CC/C=C\CC1CCCOC1=O. The highest BCUT2D eigenvalue weighted by Gasteiger charge is 2.22. The molecule has 0 radical (unpaired) electrons. The van der Waals surface area contributed by atoms with Gasteiger partial charge in [-0.2, -0.15) is 0 Å². The summed E-state index contributed by atoms with van der Waals surface area (Å²) in [6.45, 7) is 2.71. The summed E-state index contributed by atoms with van der Waals surface area (Å²) in [7, 11) is 0. The normalized spacial score (nSPS) is 24.4. The van der Waals surface area contributed by atoms with E-state index in [2.05, 4.69) is 19.1 Å². The van der Waals surface area contributed by atoms with Crippen LogP contribution in [0.5, 0.6) is 0 Å². The van der Waals surface area contributed by atoms with Crippen LogP contribution in [-0.2, 0) is 9.53 Å². The molecule has 1 aliphatic rings. The Bertz CT molecular complexity index is 173. The smallest absolute Gasteiger partial charge is 0.309 e. The molecule has 0 aromatic rings. The second-order valence-corrected chi connectivity index (χ2v) is 3.12. The molecule has 2 nitrogen and oxygen atoms in total. The first-order valence-electron chi connectivity index (χ1n) is 4.66. The molecule has 0 saturated carbocycles. The van der Waals surface area contributed by atoms with Crippen LogP contribution in [0.3, 0.4) is 0 Å². The minimum absolute atomic E-state index is 0.0120. The Morgan fingerprint density at radius 3 is 3.08 bits per heavy atom. The molecule has 12 heavy (non-hydrogen) atoms. The van der Waals surface area contributed by atoms with Crippen LogP contribution in [0.25, 0.3) is 0 Å². The molecule has 0 spiro atoms. The zero-order valence-electron chi connectivity index (χ0n) is 7.58. The Balaban J connectivity index is 2.29. The lowest BCUT2D eigenvalue weighted by atomic mass is 9.97. The monoisotopic (exact) mass is 168 g/mol. The quantitative estimate of drug-likeness (QED) is 0.477. The zero-order chi connectivity index (χ0) is 8.81. The fraction of sp³-hybridized carbons (Fsp3) is 0.700. The van der Waals surface area contributed by atoms with Crippen LogP contribution < -0.4 is 0 Å². The van der Waals surface area contributed by atoms with Crippen molar-refractivity contribution in [1.82, 2.24) is 0 Å². The number of allylic oxidation sites excluding steroid dienone is 2. The molecule has 1 unspecified atom stereocenters.